The molecule has 2 fully saturated rings. The molecular weight excluding hydrogens is 278 g/mol. The van der Waals surface area contributed by atoms with Crippen molar-refractivity contribution in [3.8, 4) is 0 Å². The van der Waals surface area contributed by atoms with Gasteiger partial charge in [0, 0.05) is 24.2 Å². The first-order valence-corrected chi connectivity index (χ1v) is 8.44. The largest absolute Gasteiger partial charge is 0.361 e. The molecule has 1 amide bonds. The molecule has 0 spiro atoms. The van der Waals surface area contributed by atoms with E-state index in [1.807, 2.05) is 20.8 Å². The van der Waals surface area contributed by atoms with Gasteiger partial charge in [-0.25, -0.2) is 0 Å². The van der Waals surface area contributed by atoms with Gasteiger partial charge < -0.3 is 14.3 Å². The topological polar surface area (TPSA) is 49.6 Å². The van der Waals surface area contributed by atoms with Crippen LogP contribution in [0.5, 0.6) is 0 Å². The quantitative estimate of drug-likeness (QED) is 0.861. The number of carbonyl (C=O) groups excluding carboxylic acids is 1. The van der Waals surface area contributed by atoms with E-state index in [1.165, 1.54) is 12.8 Å². The van der Waals surface area contributed by atoms with E-state index in [1.54, 1.807) is 0 Å². The lowest BCUT2D eigenvalue weighted by Gasteiger charge is -2.34. The zero-order valence-electron chi connectivity index (χ0n) is 14.1. The van der Waals surface area contributed by atoms with Crippen molar-refractivity contribution in [1.29, 1.82) is 0 Å². The third-order valence-corrected chi connectivity index (χ3v) is 5.50. The Kier molecular flexibility index (Phi) is 4.26. The van der Waals surface area contributed by atoms with Crippen molar-refractivity contribution in [2.75, 3.05) is 20.1 Å². The second-order valence-corrected chi connectivity index (χ2v) is 6.89. The lowest BCUT2D eigenvalue weighted by molar-refractivity contribution is -0.134. The highest BCUT2D eigenvalue weighted by Gasteiger charge is 2.40. The molecule has 22 heavy (non-hydrogen) atoms. The number of carbonyl (C=O) groups is 1. The van der Waals surface area contributed by atoms with Gasteiger partial charge in [0.2, 0.25) is 5.91 Å². The average molecular weight is 305 g/mol. The molecule has 2 aliphatic rings. The molecule has 3 rings (SSSR count). The van der Waals surface area contributed by atoms with Crippen molar-refractivity contribution >= 4 is 5.91 Å². The van der Waals surface area contributed by atoms with Crippen LogP contribution >= 0.6 is 0 Å². The second kappa shape index (κ2) is 6.03. The molecule has 122 valence electrons. The molecule has 1 aromatic heterocycles. The Morgan fingerprint density at radius 1 is 1.23 bits per heavy atom. The third kappa shape index (κ3) is 2.56. The van der Waals surface area contributed by atoms with Crippen molar-refractivity contribution in [3.63, 3.8) is 0 Å². The molecule has 0 radical (unpaired) electrons. The Labute approximate surface area is 132 Å². The van der Waals surface area contributed by atoms with Crippen molar-refractivity contribution < 1.29 is 9.32 Å². The minimum atomic E-state index is -0.168. The Bertz CT molecular complexity index is 535. The summed E-state index contributed by atoms with van der Waals surface area (Å²) in [5.41, 5.74) is 1.81. The molecule has 2 aliphatic heterocycles. The molecule has 0 N–H and O–H groups in total. The first kappa shape index (κ1) is 15.5. The zero-order valence-corrected chi connectivity index (χ0v) is 14.1. The monoisotopic (exact) mass is 305 g/mol. The van der Waals surface area contributed by atoms with Crippen molar-refractivity contribution in [1.82, 2.24) is 15.0 Å². The van der Waals surface area contributed by atoms with Crippen LogP contribution in [0.15, 0.2) is 4.52 Å². The summed E-state index contributed by atoms with van der Waals surface area (Å²) in [5, 5.41) is 4.00. The van der Waals surface area contributed by atoms with Crippen LogP contribution < -0.4 is 0 Å². The van der Waals surface area contributed by atoms with Gasteiger partial charge in [0.1, 0.15) is 5.76 Å². The van der Waals surface area contributed by atoms with E-state index in [0.717, 1.165) is 42.9 Å². The summed E-state index contributed by atoms with van der Waals surface area (Å²) in [6, 6.07) is 0.909. The highest BCUT2D eigenvalue weighted by Crippen LogP contribution is 2.33. The van der Waals surface area contributed by atoms with Gasteiger partial charge in [-0.3, -0.25) is 4.79 Å². The number of aromatic nitrogens is 1. The van der Waals surface area contributed by atoms with Gasteiger partial charge >= 0.3 is 0 Å². The van der Waals surface area contributed by atoms with Gasteiger partial charge in [0.25, 0.3) is 0 Å². The van der Waals surface area contributed by atoms with Crippen LogP contribution in [0, 0.1) is 13.8 Å². The van der Waals surface area contributed by atoms with Crippen LogP contribution in [0.1, 0.15) is 55.5 Å². The predicted molar refractivity (Wildman–Crippen MR) is 84.8 cm³/mol. The fourth-order valence-corrected chi connectivity index (χ4v) is 4.37. The standard InChI is InChI=1S/C17H27N3O2/c1-11(16-12(2)18-22-13(16)3)17(21)20-10-6-8-15(20)14-7-5-9-19(14)4/h11,14-15H,5-10H2,1-4H3. The Morgan fingerprint density at radius 3 is 2.50 bits per heavy atom. The van der Waals surface area contributed by atoms with E-state index in [4.69, 9.17) is 4.52 Å². The van der Waals surface area contributed by atoms with Gasteiger partial charge in [-0.1, -0.05) is 5.16 Å². The molecule has 0 aromatic carbocycles. The molecule has 0 aliphatic carbocycles. The molecule has 1 aromatic rings. The highest BCUT2D eigenvalue weighted by molar-refractivity contribution is 5.84. The van der Waals surface area contributed by atoms with E-state index < -0.39 is 0 Å². The zero-order chi connectivity index (χ0) is 15.9. The number of rotatable bonds is 3. The average Bonchev–Trinajstić information content (AvgIpc) is 3.18. The Balaban J connectivity index is 1.79. The lowest BCUT2D eigenvalue weighted by atomic mass is 9.96. The van der Waals surface area contributed by atoms with Crippen LogP contribution in [0.2, 0.25) is 0 Å². The van der Waals surface area contributed by atoms with Crippen molar-refractivity contribution in [3.05, 3.63) is 17.0 Å². The van der Waals surface area contributed by atoms with Crippen LogP contribution in [-0.2, 0) is 4.79 Å². The normalized spacial score (nSPS) is 27.5. The number of hydrogen-bond acceptors (Lipinski definition) is 4. The van der Waals surface area contributed by atoms with Gasteiger partial charge in [0.05, 0.1) is 11.6 Å². The van der Waals surface area contributed by atoms with Crippen molar-refractivity contribution in [2.45, 2.75) is 64.5 Å². The summed E-state index contributed by atoms with van der Waals surface area (Å²) in [4.78, 5) is 17.6. The number of aryl methyl sites for hydroxylation is 2. The SMILES string of the molecule is Cc1noc(C)c1C(C)C(=O)N1CCCC1C1CCCN1C. The third-order valence-electron chi connectivity index (χ3n) is 5.50. The number of amides is 1. The summed E-state index contributed by atoms with van der Waals surface area (Å²) in [5.74, 6) is 0.836. The van der Waals surface area contributed by atoms with Gasteiger partial charge in [-0.05, 0) is 60.0 Å². The van der Waals surface area contributed by atoms with Gasteiger partial charge in [-0.2, -0.15) is 0 Å². The first-order valence-electron chi connectivity index (χ1n) is 8.44. The molecular formula is C17H27N3O2. The second-order valence-electron chi connectivity index (χ2n) is 6.89. The molecule has 0 bridgehead atoms. The molecule has 3 heterocycles. The van der Waals surface area contributed by atoms with E-state index in [9.17, 15) is 4.79 Å². The minimum absolute atomic E-state index is 0.168. The predicted octanol–water partition coefficient (Wildman–Crippen LogP) is 2.48. The van der Waals surface area contributed by atoms with Crippen molar-refractivity contribution in [2.24, 2.45) is 0 Å². The first-order chi connectivity index (χ1) is 10.5. The summed E-state index contributed by atoms with van der Waals surface area (Å²) in [6.45, 7) is 7.85. The highest BCUT2D eigenvalue weighted by atomic mass is 16.5. The molecule has 5 nitrogen and oxygen atoms in total. The van der Waals surface area contributed by atoms with Gasteiger partial charge in [-0.15, -0.1) is 0 Å². The Morgan fingerprint density at radius 2 is 1.91 bits per heavy atom. The maximum atomic E-state index is 13.1. The molecule has 3 unspecified atom stereocenters. The summed E-state index contributed by atoms with van der Waals surface area (Å²) in [7, 11) is 2.19. The maximum Gasteiger partial charge on any atom is 0.230 e. The lowest BCUT2D eigenvalue weighted by Crippen LogP contribution is -2.48. The number of hydrogen-bond donors (Lipinski definition) is 0. The molecule has 2 saturated heterocycles. The fourth-order valence-electron chi connectivity index (χ4n) is 4.37. The van der Waals surface area contributed by atoms with Crippen LogP contribution in [0.3, 0.4) is 0 Å². The molecule has 5 heteroatoms. The number of likely N-dealkylation sites (tertiary alicyclic amines) is 2. The summed E-state index contributed by atoms with van der Waals surface area (Å²) >= 11 is 0. The van der Waals surface area contributed by atoms with E-state index in [2.05, 4.69) is 22.0 Å². The van der Waals surface area contributed by atoms with Crippen LogP contribution in [0.25, 0.3) is 0 Å². The summed E-state index contributed by atoms with van der Waals surface area (Å²) < 4.78 is 5.24. The molecule has 3 atom stereocenters. The fraction of sp³-hybridized carbons (Fsp3) is 0.765. The summed E-state index contributed by atoms with van der Waals surface area (Å²) in [6.07, 6.45) is 4.72. The van der Waals surface area contributed by atoms with E-state index in [-0.39, 0.29) is 11.8 Å². The van der Waals surface area contributed by atoms with E-state index in [0.29, 0.717) is 12.1 Å². The number of likely N-dealkylation sites (N-methyl/N-ethyl adjacent to an activating group) is 1. The van der Waals surface area contributed by atoms with Crippen LogP contribution in [-0.4, -0.2) is 53.1 Å². The minimum Gasteiger partial charge on any atom is -0.361 e. The maximum absolute atomic E-state index is 13.1. The Hall–Kier alpha value is -1.36. The van der Waals surface area contributed by atoms with E-state index >= 15 is 0 Å². The van der Waals surface area contributed by atoms with Crippen LogP contribution in [0.4, 0.5) is 0 Å². The molecule has 0 saturated carbocycles. The van der Waals surface area contributed by atoms with Gasteiger partial charge in [0.15, 0.2) is 0 Å². The number of nitrogens with zero attached hydrogens (tertiary/aromatic N) is 3. The smallest absolute Gasteiger partial charge is 0.230 e.